The molecule has 1 unspecified atom stereocenters. The van der Waals surface area contributed by atoms with Crippen molar-refractivity contribution in [3.63, 3.8) is 0 Å². The molecular weight excluding hydrogens is 264 g/mol. The summed E-state index contributed by atoms with van der Waals surface area (Å²) in [4.78, 5) is 12.1. The van der Waals surface area contributed by atoms with E-state index in [9.17, 15) is 4.79 Å². The van der Waals surface area contributed by atoms with Crippen LogP contribution in [-0.4, -0.2) is 20.2 Å². The second kappa shape index (κ2) is 4.59. The fourth-order valence-corrected chi connectivity index (χ4v) is 2.95. The predicted octanol–water partition coefficient (Wildman–Crippen LogP) is 3.03. The first-order chi connectivity index (χ1) is 9.26. The van der Waals surface area contributed by atoms with E-state index in [0.717, 1.165) is 11.1 Å². The Bertz CT molecular complexity index is 619. The number of thiophene rings is 1. The van der Waals surface area contributed by atoms with E-state index in [1.807, 2.05) is 22.9 Å². The van der Waals surface area contributed by atoms with Crippen LogP contribution in [0.15, 0.2) is 29.0 Å². The second-order valence-corrected chi connectivity index (χ2v) is 4.89. The van der Waals surface area contributed by atoms with Crippen LogP contribution >= 0.6 is 11.3 Å². The maximum absolute atomic E-state index is 12.1. The van der Waals surface area contributed by atoms with E-state index in [0.29, 0.717) is 17.1 Å². The minimum absolute atomic E-state index is 0.353. The summed E-state index contributed by atoms with van der Waals surface area (Å²) < 4.78 is 15.9. The van der Waals surface area contributed by atoms with Gasteiger partial charge >= 0.3 is 5.97 Å². The number of carbonyl (C=O) groups excluding carboxylic acids is 1. The first kappa shape index (κ1) is 12.0. The van der Waals surface area contributed by atoms with Crippen LogP contribution in [0.4, 0.5) is 0 Å². The lowest BCUT2D eigenvalue weighted by Gasteiger charge is -2.11. The molecule has 19 heavy (non-hydrogen) atoms. The van der Waals surface area contributed by atoms with Crippen molar-refractivity contribution in [3.05, 3.63) is 45.6 Å². The average molecular weight is 276 g/mol. The number of esters is 1. The van der Waals surface area contributed by atoms with Gasteiger partial charge in [-0.15, -0.1) is 0 Å². The smallest absolute Gasteiger partial charge is 0.343 e. The summed E-state index contributed by atoms with van der Waals surface area (Å²) in [7, 11) is 3.06. The molecule has 5 heteroatoms. The van der Waals surface area contributed by atoms with Gasteiger partial charge in [0.2, 0.25) is 0 Å². The third kappa shape index (κ3) is 1.77. The van der Waals surface area contributed by atoms with Gasteiger partial charge < -0.3 is 14.2 Å². The molecule has 98 valence electrons. The Labute approximate surface area is 114 Å². The summed E-state index contributed by atoms with van der Waals surface area (Å²) in [5.74, 6) is 0.592. The molecule has 0 amide bonds. The van der Waals surface area contributed by atoms with E-state index in [1.165, 1.54) is 7.11 Å². The highest BCUT2D eigenvalue weighted by Crippen LogP contribution is 2.44. The van der Waals surface area contributed by atoms with E-state index in [-0.39, 0.29) is 12.1 Å². The number of ether oxygens (including phenoxy) is 3. The van der Waals surface area contributed by atoms with Crippen LogP contribution in [0.25, 0.3) is 0 Å². The Morgan fingerprint density at radius 2 is 2.05 bits per heavy atom. The van der Waals surface area contributed by atoms with E-state index in [2.05, 4.69) is 0 Å². The van der Waals surface area contributed by atoms with Crippen LogP contribution in [-0.2, 0) is 4.74 Å². The minimum atomic E-state index is -0.373. The molecule has 1 aromatic heterocycles. The second-order valence-electron chi connectivity index (χ2n) is 4.11. The molecule has 1 atom stereocenters. The standard InChI is InChI=1S/C14H12O4S/c1-16-10-4-3-9-11(13(10)17-2)14(15)18-12(9)8-5-6-19-7-8/h3-7,12H,1-2H3. The van der Waals surface area contributed by atoms with Gasteiger partial charge in [0.25, 0.3) is 0 Å². The minimum Gasteiger partial charge on any atom is -0.493 e. The number of hydrogen-bond donors (Lipinski definition) is 0. The zero-order chi connectivity index (χ0) is 13.4. The van der Waals surface area contributed by atoms with Crippen molar-refractivity contribution in [2.24, 2.45) is 0 Å². The molecule has 3 rings (SSSR count). The number of hydrogen-bond acceptors (Lipinski definition) is 5. The number of carbonyl (C=O) groups is 1. The molecule has 0 bridgehead atoms. The maximum atomic E-state index is 12.1. The number of cyclic esters (lactones) is 1. The number of rotatable bonds is 3. The van der Waals surface area contributed by atoms with Crippen LogP contribution in [0.3, 0.4) is 0 Å². The highest BCUT2D eigenvalue weighted by atomic mass is 32.1. The van der Waals surface area contributed by atoms with Crippen molar-refractivity contribution in [1.29, 1.82) is 0 Å². The van der Waals surface area contributed by atoms with Crippen molar-refractivity contribution < 1.29 is 19.0 Å². The van der Waals surface area contributed by atoms with Gasteiger partial charge in [-0.2, -0.15) is 11.3 Å². The van der Waals surface area contributed by atoms with Crippen molar-refractivity contribution in [1.82, 2.24) is 0 Å². The molecule has 0 aliphatic carbocycles. The van der Waals surface area contributed by atoms with E-state index < -0.39 is 0 Å². The largest absolute Gasteiger partial charge is 0.493 e. The zero-order valence-electron chi connectivity index (χ0n) is 10.5. The molecule has 1 aromatic carbocycles. The monoisotopic (exact) mass is 276 g/mol. The summed E-state index contributed by atoms with van der Waals surface area (Å²) in [6.45, 7) is 0. The molecular formula is C14H12O4S. The number of fused-ring (bicyclic) bond motifs is 1. The van der Waals surface area contributed by atoms with Gasteiger partial charge in [0.15, 0.2) is 17.6 Å². The molecule has 0 saturated carbocycles. The predicted molar refractivity (Wildman–Crippen MR) is 71.1 cm³/mol. The van der Waals surface area contributed by atoms with Gasteiger partial charge in [0.05, 0.1) is 14.2 Å². The summed E-state index contributed by atoms with van der Waals surface area (Å²) in [5, 5.41) is 3.94. The average Bonchev–Trinajstić information content (AvgIpc) is 3.05. The van der Waals surface area contributed by atoms with Crippen LogP contribution < -0.4 is 9.47 Å². The maximum Gasteiger partial charge on any atom is 0.343 e. The summed E-state index contributed by atoms with van der Waals surface area (Å²) >= 11 is 1.57. The lowest BCUT2D eigenvalue weighted by Crippen LogP contribution is -2.00. The Balaban J connectivity index is 2.16. The van der Waals surface area contributed by atoms with Gasteiger partial charge in [-0.25, -0.2) is 4.79 Å². The van der Waals surface area contributed by atoms with Gasteiger partial charge in [-0.05, 0) is 22.9 Å². The normalized spacial score (nSPS) is 16.9. The lowest BCUT2D eigenvalue weighted by molar-refractivity contribution is 0.0454. The van der Waals surface area contributed by atoms with Crippen molar-refractivity contribution in [2.75, 3.05) is 14.2 Å². The number of methoxy groups -OCH3 is 2. The summed E-state index contributed by atoms with van der Waals surface area (Å²) in [6, 6.07) is 5.59. The summed E-state index contributed by atoms with van der Waals surface area (Å²) in [6.07, 6.45) is -0.353. The quantitative estimate of drug-likeness (QED) is 0.808. The van der Waals surface area contributed by atoms with Crippen LogP contribution in [0.5, 0.6) is 11.5 Å². The Hall–Kier alpha value is -2.01. The molecule has 2 aromatic rings. The Morgan fingerprint density at radius 3 is 2.68 bits per heavy atom. The van der Waals surface area contributed by atoms with Gasteiger partial charge in [0, 0.05) is 11.1 Å². The molecule has 0 spiro atoms. The molecule has 0 N–H and O–H groups in total. The van der Waals surface area contributed by atoms with E-state index >= 15 is 0 Å². The van der Waals surface area contributed by atoms with Crippen molar-refractivity contribution in [2.45, 2.75) is 6.10 Å². The topological polar surface area (TPSA) is 44.8 Å². The third-order valence-electron chi connectivity index (χ3n) is 3.14. The fourth-order valence-electron chi connectivity index (χ4n) is 2.27. The lowest BCUT2D eigenvalue weighted by atomic mass is 10.00. The first-order valence-corrected chi connectivity index (χ1v) is 6.68. The Kier molecular flexibility index (Phi) is 2.91. The third-order valence-corrected chi connectivity index (χ3v) is 3.84. The highest BCUT2D eigenvalue weighted by molar-refractivity contribution is 7.08. The SMILES string of the molecule is COc1ccc2c(c1OC)C(=O)OC2c1ccsc1. The van der Waals surface area contributed by atoms with Crippen LogP contribution in [0.1, 0.15) is 27.6 Å². The highest BCUT2D eigenvalue weighted by Gasteiger charge is 2.36. The molecule has 0 saturated heterocycles. The first-order valence-electron chi connectivity index (χ1n) is 5.74. The van der Waals surface area contributed by atoms with E-state index in [1.54, 1.807) is 24.5 Å². The molecule has 1 aliphatic heterocycles. The van der Waals surface area contributed by atoms with Gasteiger partial charge in [0.1, 0.15) is 5.56 Å². The van der Waals surface area contributed by atoms with Gasteiger partial charge in [-0.3, -0.25) is 0 Å². The molecule has 2 heterocycles. The summed E-state index contributed by atoms with van der Waals surface area (Å²) in [5.41, 5.74) is 2.25. The molecule has 0 fully saturated rings. The van der Waals surface area contributed by atoms with Crippen LogP contribution in [0.2, 0.25) is 0 Å². The van der Waals surface area contributed by atoms with Gasteiger partial charge in [-0.1, -0.05) is 6.07 Å². The number of benzene rings is 1. The van der Waals surface area contributed by atoms with Crippen molar-refractivity contribution in [3.8, 4) is 11.5 Å². The molecule has 4 nitrogen and oxygen atoms in total. The Morgan fingerprint density at radius 1 is 1.21 bits per heavy atom. The fraction of sp³-hybridized carbons (Fsp3) is 0.214. The molecule has 1 aliphatic rings. The molecule has 0 radical (unpaired) electrons. The van der Waals surface area contributed by atoms with Crippen molar-refractivity contribution >= 4 is 17.3 Å². The van der Waals surface area contributed by atoms with Crippen LogP contribution in [0, 0.1) is 0 Å². The van der Waals surface area contributed by atoms with E-state index in [4.69, 9.17) is 14.2 Å². The zero-order valence-corrected chi connectivity index (χ0v) is 11.3.